The van der Waals surface area contributed by atoms with Crippen molar-refractivity contribution in [1.82, 2.24) is 9.80 Å². The lowest BCUT2D eigenvalue weighted by atomic mass is 9.58. The maximum atomic E-state index is 14.8. The van der Waals surface area contributed by atoms with Crippen LogP contribution in [0.1, 0.15) is 52.0 Å². The van der Waals surface area contributed by atoms with Crippen LogP contribution < -0.4 is 5.73 Å². The number of hydrogen-bond donors (Lipinski definition) is 5. The van der Waals surface area contributed by atoms with Crippen LogP contribution in [0.5, 0.6) is 5.75 Å². The number of halogens is 3. The van der Waals surface area contributed by atoms with Crippen molar-refractivity contribution in [3.8, 4) is 5.75 Å². The molecule has 0 aliphatic heterocycles. The average Bonchev–Trinajstić information content (AvgIpc) is 2.93. The maximum absolute atomic E-state index is 14.8. The first-order valence-electron chi connectivity index (χ1n) is 14.3. The molecule has 10 nitrogen and oxygen atoms in total. The van der Waals surface area contributed by atoms with E-state index in [4.69, 9.17) is 5.73 Å². The van der Waals surface area contributed by atoms with Crippen LogP contribution in [0.15, 0.2) is 59.1 Å². The molecule has 0 radical (unpaired) electrons. The molecule has 0 fully saturated rings. The largest absolute Gasteiger partial charge is 0.510 e. The third kappa shape index (κ3) is 4.89. The predicted octanol–water partition coefficient (Wildman–Crippen LogP) is 3.33. The number of allylic oxidation sites excluding steroid dienone is 1. The molecule has 0 heterocycles. The molecule has 0 spiro atoms. The predicted molar refractivity (Wildman–Crippen MR) is 155 cm³/mol. The Morgan fingerprint density at radius 2 is 1.73 bits per heavy atom. The summed E-state index contributed by atoms with van der Waals surface area (Å²) >= 11 is 0. The molecule has 240 valence electrons. The van der Waals surface area contributed by atoms with Gasteiger partial charge in [-0.3, -0.25) is 24.2 Å². The Morgan fingerprint density at radius 3 is 2.29 bits per heavy atom. The zero-order chi connectivity index (χ0) is 33.3. The molecule has 1 unspecified atom stereocenters. The van der Waals surface area contributed by atoms with Crippen molar-refractivity contribution < 1.29 is 48.0 Å². The Morgan fingerprint density at radius 1 is 1.11 bits per heavy atom. The summed E-state index contributed by atoms with van der Waals surface area (Å²) in [6.45, 7) is 1.60. The fraction of sp³-hybridized carbons (Fsp3) is 0.406. The van der Waals surface area contributed by atoms with Gasteiger partial charge in [-0.25, -0.2) is 0 Å². The van der Waals surface area contributed by atoms with Crippen molar-refractivity contribution in [3.05, 3.63) is 86.9 Å². The number of likely N-dealkylation sites (N-methyl/N-ethyl adjacent to an activating group) is 1. The summed E-state index contributed by atoms with van der Waals surface area (Å²) in [6, 6.07) is 8.46. The number of ketones is 2. The summed E-state index contributed by atoms with van der Waals surface area (Å²) < 4.78 is 44.5. The van der Waals surface area contributed by atoms with Crippen LogP contribution in [0.3, 0.4) is 0 Å². The SMILES string of the molecule is CC(c1ccccc1)N(C)Cc1cc(O)c2c(c1C(F)(F)F)C[C@H]1C[C@H]3[C@H](N(C)C)C(O)=C(C(N)=O)C(=O)[C@@]3(O)C(O)=C1C2=O. The Labute approximate surface area is 256 Å². The van der Waals surface area contributed by atoms with Gasteiger partial charge in [0.2, 0.25) is 5.78 Å². The fourth-order valence-corrected chi connectivity index (χ4v) is 7.26. The first-order valence-corrected chi connectivity index (χ1v) is 14.3. The van der Waals surface area contributed by atoms with Gasteiger partial charge in [-0.05, 0) is 69.6 Å². The number of carbonyl (C=O) groups excluding carboxylic acids is 3. The third-order valence-corrected chi connectivity index (χ3v) is 9.45. The molecular weight excluding hydrogens is 595 g/mol. The van der Waals surface area contributed by atoms with Crippen molar-refractivity contribution in [3.63, 3.8) is 0 Å². The third-order valence-electron chi connectivity index (χ3n) is 9.45. The van der Waals surface area contributed by atoms with Crippen LogP contribution in [0.4, 0.5) is 13.2 Å². The lowest BCUT2D eigenvalue weighted by Gasteiger charge is -2.50. The molecule has 3 aliphatic rings. The van der Waals surface area contributed by atoms with E-state index >= 15 is 0 Å². The molecule has 3 aliphatic carbocycles. The second kappa shape index (κ2) is 11.0. The number of amides is 1. The standard InChI is InChI=1S/C32H34F3N3O7/c1-14(15-8-6-5-7-9-15)38(4)13-17-12-20(39)22-18(24(17)32(33,34)35)10-16-11-19-25(37(2)3)27(41)23(30(36)44)29(43)31(19,45)28(42)21(16)26(22)40/h5-9,12,14,16,19,25,39,41-42,45H,10-11,13H2,1-4H3,(H2,36,44)/t14?,16-,19-,25-,31-/m0/s1. The number of aliphatic hydroxyl groups is 3. The van der Waals surface area contributed by atoms with Crippen molar-refractivity contribution in [2.24, 2.45) is 17.6 Å². The van der Waals surface area contributed by atoms with E-state index in [9.17, 15) is 48.0 Å². The molecule has 5 atom stereocenters. The Hall–Kier alpha value is -4.20. The van der Waals surface area contributed by atoms with E-state index in [1.54, 1.807) is 11.9 Å². The lowest BCUT2D eigenvalue weighted by Crippen LogP contribution is -2.63. The van der Waals surface area contributed by atoms with Crippen molar-refractivity contribution >= 4 is 17.5 Å². The Balaban J connectivity index is 1.66. The quantitative estimate of drug-likeness (QED) is 0.302. The average molecular weight is 630 g/mol. The number of nitrogens with zero attached hydrogens (tertiary/aromatic N) is 2. The van der Waals surface area contributed by atoms with E-state index in [1.807, 2.05) is 37.3 Å². The number of phenolic OH excluding ortho intramolecular Hbond substituents is 1. The summed E-state index contributed by atoms with van der Waals surface area (Å²) in [5, 5.41) is 45.0. The molecule has 1 amide bonds. The molecule has 0 saturated carbocycles. The topological polar surface area (TPSA) is 165 Å². The Kier molecular flexibility index (Phi) is 7.87. The molecule has 45 heavy (non-hydrogen) atoms. The van der Waals surface area contributed by atoms with Gasteiger partial charge < -0.3 is 26.2 Å². The van der Waals surface area contributed by atoms with Crippen LogP contribution in [0.2, 0.25) is 0 Å². The smallest absolute Gasteiger partial charge is 0.417 e. The normalized spacial score (nSPS) is 25.8. The second-order valence-corrected chi connectivity index (χ2v) is 12.2. The number of hydrogen-bond acceptors (Lipinski definition) is 9. The van der Waals surface area contributed by atoms with Gasteiger partial charge in [0.1, 0.15) is 22.8 Å². The van der Waals surface area contributed by atoms with Crippen LogP contribution in [0, 0.1) is 11.8 Å². The summed E-state index contributed by atoms with van der Waals surface area (Å²) in [5.74, 6) is -9.12. The van der Waals surface area contributed by atoms with E-state index in [0.717, 1.165) is 11.6 Å². The summed E-state index contributed by atoms with van der Waals surface area (Å²) in [7, 11) is 4.57. The van der Waals surface area contributed by atoms with Crippen molar-refractivity contribution in [2.75, 3.05) is 21.1 Å². The number of alkyl halides is 3. The molecule has 13 heteroatoms. The minimum Gasteiger partial charge on any atom is -0.510 e. The van der Waals surface area contributed by atoms with Gasteiger partial charge in [-0.15, -0.1) is 0 Å². The second-order valence-electron chi connectivity index (χ2n) is 12.2. The number of phenols is 1. The molecule has 2 aromatic carbocycles. The van der Waals surface area contributed by atoms with Gasteiger partial charge in [0.25, 0.3) is 5.91 Å². The highest BCUT2D eigenvalue weighted by Crippen LogP contribution is 2.54. The molecule has 5 rings (SSSR count). The van der Waals surface area contributed by atoms with Crippen LogP contribution in [-0.4, -0.2) is 80.5 Å². The highest BCUT2D eigenvalue weighted by molar-refractivity contribution is 6.24. The zero-order valence-corrected chi connectivity index (χ0v) is 25.0. The number of Topliss-reactive ketones (excluding diaryl/α,β-unsaturated/α-hetero) is 2. The van der Waals surface area contributed by atoms with Gasteiger partial charge in [-0.2, -0.15) is 13.2 Å². The molecule has 2 aromatic rings. The number of aliphatic hydroxyl groups excluding tert-OH is 2. The van der Waals surface area contributed by atoms with Crippen LogP contribution >= 0.6 is 0 Å². The van der Waals surface area contributed by atoms with E-state index in [1.165, 1.54) is 19.0 Å². The molecule has 6 N–H and O–H groups in total. The Bertz CT molecular complexity index is 1670. The van der Waals surface area contributed by atoms with Crippen molar-refractivity contribution in [2.45, 2.75) is 50.2 Å². The van der Waals surface area contributed by atoms with E-state index in [0.29, 0.717) is 0 Å². The highest BCUT2D eigenvalue weighted by atomic mass is 19.4. The van der Waals surface area contributed by atoms with Crippen LogP contribution in [-0.2, 0) is 28.7 Å². The highest BCUT2D eigenvalue weighted by Gasteiger charge is 2.63. The molecule has 0 aromatic heterocycles. The van der Waals surface area contributed by atoms with Gasteiger partial charge >= 0.3 is 6.18 Å². The number of nitrogens with two attached hydrogens (primary N) is 1. The summed E-state index contributed by atoms with van der Waals surface area (Å²) in [4.78, 5) is 42.4. The summed E-state index contributed by atoms with van der Waals surface area (Å²) in [6.07, 6.45) is -5.73. The van der Waals surface area contributed by atoms with Gasteiger partial charge in [0.05, 0.1) is 17.2 Å². The number of benzene rings is 2. The van der Waals surface area contributed by atoms with E-state index in [2.05, 4.69) is 0 Å². The van der Waals surface area contributed by atoms with Gasteiger partial charge in [0.15, 0.2) is 11.4 Å². The minimum atomic E-state index is -4.94. The number of fused-ring (bicyclic) bond motifs is 3. The first kappa shape index (κ1) is 32.2. The number of primary amides is 1. The number of rotatable bonds is 6. The van der Waals surface area contributed by atoms with Gasteiger partial charge in [-0.1, -0.05) is 30.3 Å². The van der Waals surface area contributed by atoms with Crippen LogP contribution in [0.25, 0.3) is 0 Å². The van der Waals surface area contributed by atoms with E-state index < -0.39 is 98.7 Å². The first-order chi connectivity index (χ1) is 20.9. The number of aromatic hydroxyl groups is 1. The molecule has 0 bridgehead atoms. The van der Waals surface area contributed by atoms with E-state index in [-0.39, 0.29) is 24.6 Å². The molecule has 0 saturated heterocycles. The van der Waals surface area contributed by atoms with Crippen molar-refractivity contribution in [1.29, 1.82) is 0 Å². The lowest BCUT2D eigenvalue weighted by molar-refractivity contribution is -0.148. The zero-order valence-electron chi connectivity index (χ0n) is 25.0. The monoisotopic (exact) mass is 629 g/mol. The van der Waals surface area contributed by atoms with Gasteiger partial charge in [0, 0.05) is 24.1 Å². The summed E-state index contributed by atoms with van der Waals surface area (Å²) in [5.41, 5.74) is -0.692. The fourth-order valence-electron chi connectivity index (χ4n) is 7.26. The maximum Gasteiger partial charge on any atom is 0.417 e. The molecular formula is C32H34F3N3O7. The number of carbonyl (C=O) groups is 3. The minimum absolute atomic E-state index is 0.229.